The van der Waals surface area contributed by atoms with Gasteiger partial charge in [0, 0.05) is 19.2 Å². The number of aliphatic imine (C=N–C) groups is 1. The van der Waals surface area contributed by atoms with Crippen LogP contribution in [0, 0.1) is 11.5 Å². The van der Waals surface area contributed by atoms with Crippen LogP contribution in [0.3, 0.4) is 0 Å². The molecule has 1 N–H and O–H groups in total. The molecule has 84 valence electrons. The van der Waals surface area contributed by atoms with Crippen LogP contribution in [0.25, 0.3) is 0 Å². The zero-order valence-corrected chi connectivity index (χ0v) is 9.83. The van der Waals surface area contributed by atoms with Crippen molar-refractivity contribution in [3.05, 3.63) is 0 Å². The Morgan fingerprint density at radius 1 is 1.73 bits per heavy atom. The number of rotatable bonds is 3. The number of nitriles is 1. The third-order valence-corrected chi connectivity index (χ3v) is 3.34. The maximum Gasteiger partial charge on any atom is 0.208 e. The molecule has 0 bridgehead atoms. The largest absolute Gasteiger partial charge is 0.396 e. The highest BCUT2D eigenvalue weighted by Crippen LogP contribution is 2.24. The Balaban J connectivity index is 2.58. The van der Waals surface area contributed by atoms with Crippen LogP contribution in [0.2, 0.25) is 0 Å². The van der Waals surface area contributed by atoms with Crippen LogP contribution in [0.5, 0.6) is 0 Å². The molecule has 1 atom stereocenters. The van der Waals surface area contributed by atoms with Crippen molar-refractivity contribution in [1.29, 1.82) is 5.26 Å². The fourth-order valence-electron chi connectivity index (χ4n) is 1.98. The standard InChI is InChI=1S/C10H17N3OS/c1-15-10(12-8-11)13-6-2-4-9(13)5-3-7-14/h9,14H,2-7H2,1H3. The molecule has 0 aliphatic carbocycles. The molecule has 1 rings (SSSR count). The van der Waals surface area contributed by atoms with Gasteiger partial charge in [-0.25, -0.2) is 0 Å². The monoisotopic (exact) mass is 227 g/mol. The number of likely N-dealkylation sites (tertiary alicyclic amines) is 1. The van der Waals surface area contributed by atoms with Crippen molar-refractivity contribution in [3.8, 4) is 6.19 Å². The van der Waals surface area contributed by atoms with Crippen LogP contribution in [-0.4, -0.2) is 40.6 Å². The lowest BCUT2D eigenvalue weighted by Gasteiger charge is -2.25. The lowest BCUT2D eigenvalue weighted by Crippen LogP contribution is -2.33. The van der Waals surface area contributed by atoms with Gasteiger partial charge in [-0.1, -0.05) is 11.8 Å². The Labute approximate surface area is 95.0 Å². The van der Waals surface area contributed by atoms with Crippen molar-refractivity contribution in [2.75, 3.05) is 19.4 Å². The first kappa shape index (κ1) is 12.3. The first-order valence-corrected chi connectivity index (χ1v) is 6.44. The lowest BCUT2D eigenvalue weighted by atomic mass is 10.1. The van der Waals surface area contributed by atoms with E-state index in [1.807, 2.05) is 12.4 Å². The summed E-state index contributed by atoms with van der Waals surface area (Å²) in [6, 6.07) is 0.455. The molecule has 15 heavy (non-hydrogen) atoms. The molecule has 4 nitrogen and oxygen atoms in total. The zero-order valence-electron chi connectivity index (χ0n) is 9.02. The summed E-state index contributed by atoms with van der Waals surface area (Å²) in [6.45, 7) is 1.23. The summed E-state index contributed by atoms with van der Waals surface area (Å²) >= 11 is 1.52. The predicted octanol–water partition coefficient (Wildman–Crippen LogP) is 1.42. The van der Waals surface area contributed by atoms with Crippen molar-refractivity contribution in [2.24, 2.45) is 4.99 Å². The maximum atomic E-state index is 8.81. The SMILES string of the molecule is CSC(=NC#N)N1CCCC1CCCO. The van der Waals surface area contributed by atoms with Crippen LogP contribution < -0.4 is 0 Å². The molecule has 1 fully saturated rings. The third kappa shape index (κ3) is 3.40. The van der Waals surface area contributed by atoms with Gasteiger partial charge in [0.05, 0.1) is 0 Å². The quantitative estimate of drug-likeness (QED) is 0.450. The highest BCUT2D eigenvalue weighted by atomic mass is 32.2. The van der Waals surface area contributed by atoms with Gasteiger partial charge in [-0.15, -0.1) is 4.99 Å². The molecule has 1 unspecified atom stereocenters. The Kier molecular flexibility index (Phi) is 5.51. The van der Waals surface area contributed by atoms with Gasteiger partial charge in [0.1, 0.15) is 0 Å². The summed E-state index contributed by atoms with van der Waals surface area (Å²) in [7, 11) is 0. The highest BCUT2D eigenvalue weighted by molar-refractivity contribution is 8.13. The molecule has 0 aromatic carbocycles. The number of thioether (sulfide) groups is 1. The van der Waals surface area contributed by atoms with E-state index in [0.717, 1.165) is 37.4 Å². The lowest BCUT2D eigenvalue weighted by molar-refractivity contribution is 0.263. The second-order valence-electron chi connectivity index (χ2n) is 3.55. The molecule has 0 saturated carbocycles. The fourth-order valence-corrected chi connectivity index (χ4v) is 2.59. The normalized spacial score (nSPS) is 21.8. The Bertz CT molecular complexity index is 262. The van der Waals surface area contributed by atoms with Gasteiger partial charge in [-0.3, -0.25) is 0 Å². The van der Waals surface area contributed by atoms with E-state index in [2.05, 4.69) is 9.89 Å². The van der Waals surface area contributed by atoms with Gasteiger partial charge < -0.3 is 10.0 Å². The van der Waals surface area contributed by atoms with E-state index in [1.165, 1.54) is 11.8 Å². The van der Waals surface area contributed by atoms with Gasteiger partial charge in [0.25, 0.3) is 0 Å². The van der Waals surface area contributed by atoms with Crippen LogP contribution in [0.1, 0.15) is 25.7 Å². The first-order chi connectivity index (χ1) is 7.33. The number of nitrogens with zero attached hydrogens (tertiary/aromatic N) is 3. The van der Waals surface area contributed by atoms with Gasteiger partial charge in [-0.05, 0) is 31.9 Å². The third-order valence-electron chi connectivity index (χ3n) is 2.65. The number of aliphatic hydroxyl groups excluding tert-OH is 1. The summed E-state index contributed by atoms with van der Waals surface area (Å²) < 4.78 is 0. The summed E-state index contributed by atoms with van der Waals surface area (Å²) in [5, 5.41) is 18.2. The maximum absolute atomic E-state index is 8.81. The summed E-state index contributed by atoms with van der Waals surface area (Å²) in [4.78, 5) is 6.03. The van der Waals surface area contributed by atoms with Crippen LogP contribution >= 0.6 is 11.8 Å². The van der Waals surface area contributed by atoms with Gasteiger partial charge in [0.15, 0.2) is 5.17 Å². The van der Waals surface area contributed by atoms with E-state index in [4.69, 9.17) is 10.4 Å². The second kappa shape index (κ2) is 6.70. The second-order valence-corrected chi connectivity index (χ2v) is 4.33. The van der Waals surface area contributed by atoms with Crippen molar-refractivity contribution < 1.29 is 5.11 Å². The average molecular weight is 227 g/mol. The number of hydrogen-bond acceptors (Lipinski definition) is 4. The summed E-state index contributed by atoms with van der Waals surface area (Å²) in [6.07, 6.45) is 7.90. The minimum absolute atomic E-state index is 0.244. The van der Waals surface area contributed by atoms with Crippen LogP contribution in [-0.2, 0) is 0 Å². The molecule has 0 amide bonds. The predicted molar refractivity (Wildman–Crippen MR) is 62.6 cm³/mol. The smallest absolute Gasteiger partial charge is 0.208 e. The van der Waals surface area contributed by atoms with Crippen LogP contribution in [0.4, 0.5) is 0 Å². The molecule has 1 aliphatic rings. The van der Waals surface area contributed by atoms with Gasteiger partial charge in [-0.2, -0.15) is 5.26 Å². The average Bonchev–Trinajstić information content (AvgIpc) is 2.71. The molecular weight excluding hydrogens is 210 g/mol. The molecule has 0 aromatic rings. The van der Waals surface area contributed by atoms with Gasteiger partial charge in [0.2, 0.25) is 6.19 Å². The van der Waals surface area contributed by atoms with E-state index < -0.39 is 0 Å². The van der Waals surface area contributed by atoms with Crippen molar-refractivity contribution in [2.45, 2.75) is 31.7 Å². The van der Waals surface area contributed by atoms with E-state index in [1.54, 1.807) is 0 Å². The van der Waals surface area contributed by atoms with E-state index >= 15 is 0 Å². The summed E-state index contributed by atoms with van der Waals surface area (Å²) in [5.41, 5.74) is 0. The number of hydrogen-bond donors (Lipinski definition) is 1. The first-order valence-electron chi connectivity index (χ1n) is 5.21. The molecule has 0 spiro atoms. The molecule has 0 aromatic heterocycles. The van der Waals surface area contributed by atoms with Crippen molar-refractivity contribution >= 4 is 16.9 Å². The minimum Gasteiger partial charge on any atom is -0.396 e. The molecule has 5 heteroatoms. The van der Waals surface area contributed by atoms with Crippen LogP contribution in [0.15, 0.2) is 4.99 Å². The summed E-state index contributed by atoms with van der Waals surface area (Å²) in [5.74, 6) is 0. The Hall–Kier alpha value is -0.730. The number of aliphatic hydroxyl groups is 1. The van der Waals surface area contributed by atoms with Gasteiger partial charge >= 0.3 is 0 Å². The Morgan fingerprint density at radius 3 is 3.13 bits per heavy atom. The minimum atomic E-state index is 0.244. The highest BCUT2D eigenvalue weighted by Gasteiger charge is 2.26. The number of amidine groups is 1. The van der Waals surface area contributed by atoms with E-state index in [9.17, 15) is 0 Å². The van der Waals surface area contributed by atoms with Crippen molar-refractivity contribution in [3.63, 3.8) is 0 Å². The Morgan fingerprint density at radius 2 is 2.53 bits per heavy atom. The van der Waals surface area contributed by atoms with Crippen molar-refractivity contribution in [1.82, 2.24) is 4.90 Å². The van der Waals surface area contributed by atoms with E-state index in [-0.39, 0.29) is 6.61 Å². The molecule has 1 saturated heterocycles. The topological polar surface area (TPSA) is 59.6 Å². The molecule has 1 aliphatic heterocycles. The molecule has 0 radical (unpaired) electrons. The van der Waals surface area contributed by atoms with E-state index in [0.29, 0.717) is 6.04 Å². The molecular formula is C10H17N3OS. The molecule has 1 heterocycles. The zero-order chi connectivity index (χ0) is 11.1. The fraction of sp³-hybridized carbons (Fsp3) is 0.800.